The van der Waals surface area contributed by atoms with Gasteiger partial charge in [-0.25, -0.2) is 9.50 Å². The van der Waals surface area contributed by atoms with E-state index in [2.05, 4.69) is 48.0 Å². The fraction of sp³-hybridized carbons (Fsp3) is 0.588. The van der Waals surface area contributed by atoms with Gasteiger partial charge in [0.05, 0.1) is 5.54 Å². The number of imidazole rings is 1. The van der Waals surface area contributed by atoms with Gasteiger partial charge in [-0.05, 0) is 38.1 Å². The van der Waals surface area contributed by atoms with Gasteiger partial charge >= 0.3 is 0 Å². The van der Waals surface area contributed by atoms with Crippen molar-refractivity contribution in [1.82, 2.24) is 24.8 Å². The maximum atomic E-state index is 12.7. The first kappa shape index (κ1) is 17.4. The van der Waals surface area contributed by atoms with Gasteiger partial charge in [-0.3, -0.25) is 4.79 Å². The van der Waals surface area contributed by atoms with E-state index in [9.17, 15) is 4.79 Å². The van der Waals surface area contributed by atoms with Crippen LogP contribution in [0, 0.1) is 0 Å². The molecule has 2 rings (SSSR count). The average molecular weight is 317 g/mol. The fourth-order valence-electron chi connectivity index (χ4n) is 2.81. The molecule has 0 saturated heterocycles. The number of hydrogen-bond donors (Lipinski definition) is 1. The summed E-state index contributed by atoms with van der Waals surface area (Å²) in [6.45, 7) is 11.4. The molecule has 0 aromatic carbocycles. The highest BCUT2D eigenvalue weighted by Crippen LogP contribution is 2.18. The van der Waals surface area contributed by atoms with E-state index in [0.717, 1.165) is 38.1 Å². The van der Waals surface area contributed by atoms with Crippen LogP contribution in [-0.4, -0.2) is 50.6 Å². The Morgan fingerprint density at radius 2 is 1.91 bits per heavy atom. The summed E-state index contributed by atoms with van der Waals surface area (Å²) in [5.74, 6) is -0.128. The van der Waals surface area contributed by atoms with Crippen molar-refractivity contribution in [2.24, 2.45) is 0 Å². The highest BCUT2D eigenvalue weighted by atomic mass is 16.2. The largest absolute Gasteiger partial charge is 0.344 e. The van der Waals surface area contributed by atoms with Gasteiger partial charge in [0.25, 0.3) is 5.91 Å². The monoisotopic (exact) mass is 317 g/mol. The lowest BCUT2D eigenvalue weighted by atomic mass is 9.91. The van der Waals surface area contributed by atoms with Gasteiger partial charge in [-0.2, -0.15) is 5.10 Å². The molecule has 0 aliphatic rings. The number of aromatic nitrogens is 3. The van der Waals surface area contributed by atoms with Crippen LogP contribution in [0.2, 0.25) is 0 Å². The summed E-state index contributed by atoms with van der Waals surface area (Å²) in [6, 6.07) is 3.54. The molecule has 1 amide bonds. The predicted molar refractivity (Wildman–Crippen MR) is 91.6 cm³/mol. The van der Waals surface area contributed by atoms with Crippen molar-refractivity contribution < 1.29 is 4.79 Å². The molecule has 6 nitrogen and oxygen atoms in total. The van der Waals surface area contributed by atoms with Crippen LogP contribution in [0.1, 0.15) is 51.0 Å². The Balaban J connectivity index is 2.19. The van der Waals surface area contributed by atoms with Crippen molar-refractivity contribution in [3.8, 4) is 0 Å². The van der Waals surface area contributed by atoms with E-state index in [4.69, 9.17) is 0 Å². The minimum atomic E-state index is -0.228. The van der Waals surface area contributed by atoms with Crippen molar-refractivity contribution >= 4 is 11.6 Å². The number of rotatable bonds is 8. The highest BCUT2D eigenvalue weighted by Gasteiger charge is 2.30. The lowest BCUT2D eigenvalue weighted by molar-refractivity contribution is 0.0847. The average Bonchev–Trinajstić information content (AvgIpc) is 3.06. The molecule has 0 aliphatic carbocycles. The summed E-state index contributed by atoms with van der Waals surface area (Å²) in [5, 5.41) is 7.56. The molecule has 6 heteroatoms. The summed E-state index contributed by atoms with van der Waals surface area (Å²) in [4.78, 5) is 19.2. The Kier molecular flexibility index (Phi) is 5.71. The number of amides is 1. The molecule has 0 saturated carbocycles. The Bertz CT molecular complexity index is 643. The van der Waals surface area contributed by atoms with E-state index in [1.54, 1.807) is 23.0 Å². The molecule has 2 heterocycles. The second-order valence-electron chi connectivity index (χ2n) is 5.85. The molecule has 1 N–H and O–H groups in total. The van der Waals surface area contributed by atoms with Crippen LogP contribution < -0.4 is 5.32 Å². The van der Waals surface area contributed by atoms with Crippen molar-refractivity contribution in [3.05, 3.63) is 30.2 Å². The van der Waals surface area contributed by atoms with Crippen LogP contribution in [0.25, 0.3) is 5.65 Å². The second kappa shape index (κ2) is 7.55. The second-order valence-corrected chi connectivity index (χ2v) is 5.85. The van der Waals surface area contributed by atoms with Gasteiger partial charge in [-0.15, -0.1) is 0 Å². The molecular weight excluding hydrogens is 290 g/mol. The number of carbonyl (C=O) groups is 1. The maximum Gasteiger partial charge on any atom is 0.272 e. The zero-order chi connectivity index (χ0) is 16.9. The van der Waals surface area contributed by atoms with Gasteiger partial charge in [0, 0.05) is 18.9 Å². The van der Waals surface area contributed by atoms with Crippen LogP contribution in [0.4, 0.5) is 0 Å². The van der Waals surface area contributed by atoms with Gasteiger partial charge in [0.15, 0.2) is 5.65 Å². The normalized spacial score (nSPS) is 12.0. The topological polar surface area (TPSA) is 62.5 Å². The number of hydrogen-bond acceptors (Lipinski definition) is 4. The number of likely N-dealkylation sites (N-methyl/N-ethyl adjacent to an activating group) is 1. The first-order valence-corrected chi connectivity index (χ1v) is 8.42. The number of fused-ring (bicyclic) bond motifs is 1. The predicted octanol–water partition coefficient (Wildman–Crippen LogP) is 2.36. The maximum absolute atomic E-state index is 12.7. The van der Waals surface area contributed by atoms with Crippen LogP contribution in [0.15, 0.2) is 24.5 Å². The van der Waals surface area contributed by atoms with Gasteiger partial charge in [0.2, 0.25) is 0 Å². The molecule has 0 fully saturated rings. The number of carbonyl (C=O) groups excluding carboxylic acids is 1. The van der Waals surface area contributed by atoms with E-state index in [1.807, 2.05) is 6.07 Å². The molecule has 23 heavy (non-hydrogen) atoms. The van der Waals surface area contributed by atoms with E-state index in [-0.39, 0.29) is 11.4 Å². The number of nitrogens with zero attached hydrogens (tertiary/aromatic N) is 4. The van der Waals surface area contributed by atoms with E-state index in [0.29, 0.717) is 5.69 Å². The molecule has 0 aliphatic heterocycles. The summed E-state index contributed by atoms with van der Waals surface area (Å²) < 4.78 is 1.62. The van der Waals surface area contributed by atoms with Crippen molar-refractivity contribution in [1.29, 1.82) is 0 Å². The third-order valence-corrected chi connectivity index (χ3v) is 4.64. The van der Waals surface area contributed by atoms with Crippen LogP contribution >= 0.6 is 0 Å². The zero-order valence-electron chi connectivity index (χ0n) is 14.5. The summed E-state index contributed by atoms with van der Waals surface area (Å²) in [5.41, 5.74) is 0.928. The summed E-state index contributed by atoms with van der Waals surface area (Å²) >= 11 is 0. The Hall–Kier alpha value is -1.95. The minimum Gasteiger partial charge on any atom is -0.344 e. The molecule has 0 atom stereocenters. The van der Waals surface area contributed by atoms with Gasteiger partial charge in [0.1, 0.15) is 5.69 Å². The van der Waals surface area contributed by atoms with E-state index >= 15 is 0 Å². The Labute approximate surface area is 137 Å². The summed E-state index contributed by atoms with van der Waals surface area (Å²) in [7, 11) is 0. The van der Waals surface area contributed by atoms with E-state index < -0.39 is 0 Å². The standard InChI is InChI=1S/C17H27N5O/c1-5-17(6-2,13-21(7-3)8-4)19-16(23)14-9-10-15-18-11-12-22(15)20-14/h9-12H,5-8,13H2,1-4H3,(H,19,23). The molecule has 2 aromatic rings. The molecular formula is C17H27N5O. The van der Waals surface area contributed by atoms with Gasteiger partial charge < -0.3 is 10.2 Å². The lowest BCUT2D eigenvalue weighted by Crippen LogP contribution is -2.55. The van der Waals surface area contributed by atoms with Crippen molar-refractivity contribution in [3.63, 3.8) is 0 Å². The molecule has 0 spiro atoms. The SMILES string of the molecule is CCN(CC)CC(CC)(CC)NC(=O)c1ccc2nccn2n1. The molecule has 0 radical (unpaired) electrons. The molecule has 126 valence electrons. The fourth-order valence-corrected chi connectivity index (χ4v) is 2.81. The van der Waals surface area contributed by atoms with Crippen molar-refractivity contribution in [2.75, 3.05) is 19.6 Å². The third-order valence-electron chi connectivity index (χ3n) is 4.64. The quantitative estimate of drug-likeness (QED) is 0.812. The third kappa shape index (κ3) is 3.88. The van der Waals surface area contributed by atoms with Crippen LogP contribution in [0.3, 0.4) is 0 Å². The van der Waals surface area contributed by atoms with Gasteiger partial charge in [-0.1, -0.05) is 27.7 Å². The first-order chi connectivity index (χ1) is 11.1. The highest BCUT2D eigenvalue weighted by molar-refractivity contribution is 5.92. The molecule has 2 aromatic heterocycles. The van der Waals surface area contributed by atoms with E-state index in [1.165, 1.54) is 0 Å². The van der Waals surface area contributed by atoms with Crippen LogP contribution in [0.5, 0.6) is 0 Å². The Morgan fingerprint density at radius 1 is 1.22 bits per heavy atom. The number of nitrogens with one attached hydrogen (secondary N) is 1. The summed E-state index contributed by atoms with van der Waals surface area (Å²) in [6.07, 6.45) is 5.19. The smallest absolute Gasteiger partial charge is 0.272 e. The minimum absolute atomic E-state index is 0.128. The molecule has 0 bridgehead atoms. The van der Waals surface area contributed by atoms with Crippen molar-refractivity contribution in [2.45, 2.75) is 46.1 Å². The Morgan fingerprint density at radius 3 is 2.52 bits per heavy atom. The van der Waals surface area contributed by atoms with Crippen LogP contribution in [-0.2, 0) is 0 Å². The lowest BCUT2D eigenvalue weighted by Gasteiger charge is -2.37. The molecule has 0 unspecified atom stereocenters. The first-order valence-electron chi connectivity index (χ1n) is 8.42. The zero-order valence-corrected chi connectivity index (χ0v) is 14.5.